The molecule has 0 unspecified atom stereocenters. The van der Waals surface area contributed by atoms with Gasteiger partial charge in [0.05, 0.1) is 24.1 Å². The summed E-state index contributed by atoms with van der Waals surface area (Å²) in [7, 11) is 0. The maximum Gasteiger partial charge on any atom is 0.252 e. The van der Waals surface area contributed by atoms with Gasteiger partial charge in [0.2, 0.25) is 0 Å². The molecule has 88 valence electrons. The van der Waals surface area contributed by atoms with Crippen LogP contribution in [0.25, 0.3) is 0 Å². The lowest BCUT2D eigenvalue weighted by Crippen LogP contribution is -2.23. The molecule has 0 aliphatic rings. The number of H-pyrrole nitrogens is 1. The van der Waals surface area contributed by atoms with Gasteiger partial charge in [-0.25, -0.2) is 4.98 Å². The molecule has 0 aliphatic heterocycles. The number of halogens is 1. The van der Waals surface area contributed by atoms with Crippen LogP contribution in [0.1, 0.15) is 21.6 Å². The summed E-state index contributed by atoms with van der Waals surface area (Å²) in [6.07, 6.45) is 3.27. The van der Waals surface area contributed by atoms with Crippen LogP contribution in [-0.4, -0.2) is 15.9 Å². The average molecular weight is 294 g/mol. The van der Waals surface area contributed by atoms with Crippen molar-refractivity contribution < 1.29 is 4.79 Å². The molecule has 0 aliphatic carbocycles. The number of hydrogen-bond donors (Lipinski definition) is 2. The summed E-state index contributed by atoms with van der Waals surface area (Å²) in [6.45, 7) is 2.40. The largest absolute Gasteiger partial charge is 0.347 e. The van der Waals surface area contributed by atoms with E-state index in [1.165, 1.54) is 0 Å². The van der Waals surface area contributed by atoms with Crippen LogP contribution < -0.4 is 5.32 Å². The molecule has 0 saturated heterocycles. The summed E-state index contributed by atoms with van der Waals surface area (Å²) in [5.41, 5.74) is 2.58. The number of carbonyl (C=O) groups excluding carboxylic acids is 1. The number of benzene rings is 1. The number of nitrogens with zero attached hydrogens (tertiary/aromatic N) is 1. The van der Waals surface area contributed by atoms with Gasteiger partial charge in [0.1, 0.15) is 0 Å². The van der Waals surface area contributed by atoms with E-state index >= 15 is 0 Å². The fraction of sp³-hybridized carbons (Fsp3) is 0.167. The number of rotatable bonds is 3. The first-order chi connectivity index (χ1) is 8.16. The molecule has 0 radical (unpaired) electrons. The lowest BCUT2D eigenvalue weighted by molar-refractivity contribution is 0.0949. The van der Waals surface area contributed by atoms with Gasteiger partial charge in [0.25, 0.3) is 5.91 Å². The van der Waals surface area contributed by atoms with Crippen LogP contribution >= 0.6 is 15.9 Å². The van der Waals surface area contributed by atoms with Gasteiger partial charge < -0.3 is 10.3 Å². The van der Waals surface area contributed by atoms with Gasteiger partial charge in [0, 0.05) is 10.7 Å². The third kappa shape index (κ3) is 2.94. The van der Waals surface area contributed by atoms with E-state index in [4.69, 9.17) is 0 Å². The first-order valence-electron chi connectivity index (χ1n) is 5.18. The molecule has 0 bridgehead atoms. The first-order valence-corrected chi connectivity index (χ1v) is 5.97. The van der Waals surface area contributed by atoms with Crippen LogP contribution in [-0.2, 0) is 6.54 Å². The topological polar surface area (TPSA) is 57.8 Å². The third-order valence-corrected chi connectivity index (χ3v) is 3.05. The van der Waals surface area contributed by atoms with E-state index in [0.29, 0.717) is 12.1 Å². The minimum Gasteiger partial charge on any atom is -0.347 e. The monoisotopic (exact) mass is 293 g/mol. The van der Waals surface area contributed by atoms with Crippen molar-refractivity contribution in [2.75, 3.05) is 0 Å². The summed E-state index contributed by atoms with van der Waals surface area (Å²) in [5.74, 6) is -0.102. The van der Waals surface area contributed by atoms with Crippen molar-refractivity contribution >= 4 is 21.8 Å². The van der Waals surface area contributed by atoms with Gasteiger partial charge in [-0.1, -0.05) is 11.6 Å². The van der Waals surface area contributed by atoms with Crippen molar-refractivity contribution in [3.05, 3.63) is 52.0 Å². The smallest absolute Gasteiger partial charge is 0.252 e. The Morgan fingerprint density at radius 2 is 2.35 bits per heavy atom. The molecule has 1 amide bonds. The van der Waals surface area contributed by atoms with Crippen molar-refractivity contribution in [3.63, 3.8) is 0 Å². The Balaban J connectivity index is 2.07. The van der Waals surface area contributed by atoms with E-state index in [1.54, 1.807) is 12.5 Å². The average Bonchev–Trinajstić information content (AvgIpc) is 2.82. The van der Waals surface area contributed by atoms with Crippen LogP contribution in [0.15, 0.2) is 35.2 Å². The quantitative estimate of drug-likeness (QED) is 0.913. The lowest BCUT2D eigenvalue weighted by Gasteiger charge is -2.06. The predicted octanol–water partition coefficient (Wildman–Crippen LogP) is 2.41. The van der Waals surface area contributed by atoms with Crippen LogP contribution in [0.5, 0.6) is 0 Å². The highest BCUT2D eigenvalue weighted by molar-refractivity contribution is 9.10. The van der Waals surface area contributed by atoms with Crippen molar-refractivity contribution in [1.82, 2.24) is 15.3 Å². The van der Waals surface area contributed by atoms with Crippen LogP contribution in [0.2, 0.25) is 0 Å². The van der Waals surface area contributed by atoms with E-state index in [-0.39, 0.29) is 5.91 Å². The fourth-order valence-corrected chi connectivity index (χ4v) is 1.89. The van der Waals surface area contributed by atoms with Crippen LogP contribution in [0, 0.1) is 6.92 Å². The number of aromatic amines is 1. The van der Waals surface area contributed by atoms with Gasteiger partial charge in [-0.15, -0.1) is 0 Å². The van der Waals surface area contributed by atoms with Gasteiger partial charge in [-0.05, 0) is 35.0 Å². The zero-order valence-corrected chi connectivity index (χ0v) is 10.9. The molecule has 1 heterocycles. The van der Waals surface area contributed by atoms with Crippen molar-refractivity contribution in [2.45, 2.75) is 13.5 Å². The van der Waals surface area contributed by atoms with Crippen molar-refractivity contribution in [2.24, 2.45) is 0 Å². The molecule has 2 rings (SSSR count). The Kier molecular flexibility index (Phi) is 3.58. The first kappa shape index (κ1) is 11.9. The summed E-state index contributed by atoms with van der Waals surface area (Å²) in [6, 6.07) is 5.68. The maximum atomic E-state index is 11.9. The summed E-state index contributed by atoms with van der Waals surface area (Å²) < 4.78 is 0.796. The third-order valence-electron chi connectivity index (χ3n) is 2.36. The van der Waals surface area contributed by atoms with E-state index in [2.05, 4.69) is 31.2 Å². The lowest BCUT2D eigenvalue weighted by atomic mass is 10.1. The van der Waals surface area contributed by atoms with Crippen LogP contribution in [0.3, 0.4) is 0 Å². The van der Waals surface area contributed by atoms with Gasteiger partial charge in [-0.3, -0.25) is 4.79 Å². The molecule has 2 N–H and O–H groups in total. The van der Waals surface area contributed by atoms with Crippen molar-refractivity contribution in [1.29, 1.82) is 0 Å². The van der Waals surface area contributed by atoms with Gasteiger partial charge >= 0.3 is 0 Å². The Morgan fingerprint density at radius 3 is 3.06 bits per heavy atom. The van der Waals surface area contributed by atoms with Crippen molar-refractivity contribution in [3.8, 4) is 0 Å². The Morgan fingerprint density at radius 1 is 1.53 bits per heavy atom. The molecule has 0 atom stereocenters. The standard InChI is InChI=1S/C12H12BrN3O/c1-8-2-3-11(13)10(4-8)12(17)15-6-9-5-14-7-16-9/h2-5,7H,6H2,1H3,(H,14,16)(H,15,17). The normalized spacial score (nSPS) is 10.2. The molecule has 0 spiro atoms. The van der Waals surface area contributed by atoms with Gasteiger partial charge in [0.15, 0.2) is 0 Å². The second-order valence-corrected chi connectivity index (χ2v) is 4.60. The number of hydrogen-bond acceptors (Lipinski definition) is 2. The molecule has 1 aromatic carbocycles. The zero-order chi connectivity index (χ0) is 12.3. The Bertz CT molecular complexity index is 523. The maximum absolute atomic E-state index is 11.9. The summed E-state index contributed by atoms with van der Waals surface area (Å²) >= 11 is 3.37. The molecule has 1 aromatic heterocycles. The minimum absolute atomic E-state index is 0.102. The zero-order valence-electron chi connectivity index (χ0n) is 9.33. The molecule has 5 heteroatoms. The number of aryl methyl sites for hydroxylation is 1. The summed E-state index contributed by atoms with van der Waals surface area (Å²) in [5, 5.41) is 2.83. The highest BCUT2D eigenvalue weighted by Gasteiger charge is 2.09. The second kappa shape index (κ2) is 5.14. The van der Waals surface area contributed by atoms with E-state index in [1.807, 2.05) is 25.1 Å². The number of amides is 1. The molecule has 4 nitrogen and oxygen atoms in total. The van der Waals surface area contributed by atoms with E-state index < -0.39 is 0 Å². The molecular weight excluding hydrogens is 282 g/mol. The molecule has 2 aromatic rings. The second-order valence-electron chi connectivity index (χ2n) is 3.74. The minimum atomic E-state index is -0.102. The number of nitrogens with one attached hydrogen (secondary N) is 2. The predicted molar refractivity (Wildman–Crippen MR) is 68.6 cm³/mol. The molecule has 17 heavy (non-hydrogen) atoms. The molecular formula is C12H12BrN3O. The number of carbonyl (C=O) groups is 1. The molecule has 0 fully saturated rings. The SMILES string of the molecule is Cc1ccc(Br)c(C(=O)NCc2cnc[nH]2)c1. The fourth-order valence-electron chi connectivity index (χ4n) is 1.47. The highest BCUT2D eigenvalue weighted by Crippen LogP contribution is 2.17. The Hall–Kier alpha value is -1.62. The van der Waals surface area contributed by atoms with Crippen LogP contribution in [0.4, 0.5) is 0 Å². The molecule has 0 saturated carbocycles. The Labute approximate surface area is 108 Å². The van der Waals surface area contributed by atoms with E-state index in [9.17, 15) is 4.79 Å². The van der Waals surface area contributed by atoms with E-state index in [0.717, 1.165) is 15.7 Å². The van der Waals surface area contributed by atoms with Gasteiger partial charge in [-0.2, -0.15) is 0 Å². The summed E-state index contributed by atoms with van der Waals surface area (Å²) in [4.78, 5) is 18.8. The number of imidazole rings is 1. The highest BCUT2D eigenvalue weighted by atomic mass is 79.9. The number of aromatic nitrogens is 2.